The lowest BCUT2D eigenvalue weighted by Crippen LogP contribution is -2.32. The van der Waals surface area contributed by atoms with E-state index in [0.29, 0.717) is 4.90 Å². The topological polar surface area (TPSA) is 46.2 Å². The van der Waals surface area contributed by atoms with Gasteiger partial charge in [-0.05, 0) is 44.4 Å². The summed E-state index contributed by atoms with van der Waals surface area (Å²) in [6.07, 6.45) is 1.63. The molecule has 2 rings (SSSR count). The summed E-state index contributed by atoms with van der Waals surface area (Å²) < 4.78 is 27.2. The van der Waals surface area contributed by atoms with Gasteiger partial charge in [0.2, 0.25) is 10.0 Å². The zero-order chi connectivity index (χ0) is 15.3. The number of aryl methyl sites for hydroxylation is 2. The molecule has 3 nitrogen and oxygen atoms in total. The van der Waals surface area contributed by atoms with Gasteiger partial charge < -0.3 is 0 Å². The molecule has 2 aromatic carbocycles. The van der Waals surface area contributed by atoms with Crippen LogP contribution in [0.5, 0.6) is 0 Å². The molecule has 0 unspecified atom stereocenters. The molecule has 112 valence electrons. The maximum absolute atomic E-state index is 12.3. The van der Waals surface area contributed by atoms with E-state index in [1.54, 1.807) is 12.1 Å². The summed E-state index contributed by atoms with van der Waals surface area (Å²) in [5.74, 6) is 0. The quantitative estimate of drug-likeness (QED) is 0.890. The van der Waals surface area contributed by atoms with Crippen LogP contribution >= 0.6 is 0 Å². The second-order valence-electron chi connectivity index (χ2n) is 5.36. The number of hydrogen-bond acceptors (Lipinski definition) is 2. The molecule has 0 amide bonds. The molecule has 0 saturated carbocycles. The summed E-state index contributed by atoms with van der Waals surface area (Å²) in [5, 5.41) is 0. The first-order valence-electron chi connectivity index (χ1n) is 7.10. The van der Waals surface area contributed by atoms with Gasteiger partial charge in [0, 0.05) is 6.04 Å². The van der Waals surface area contributed by atoms with Crippen molar-refractivity contribution in [1.29, 1.82) is 0 Å². The van der Waals surface area contributed by atoms with Crippen LogP contribution in [-0.4, -0.2) is 14.5 Å². The predicted molar refractivity (Wildman–Crippen MR) is 85.7 cm³/mol. The van der Waals surface area contributed by atoms with Crippen molar-refractivity contribution in [2.75, 3.05) is 0 Å². The molecule has 21 heavy (non-hydrogen) atoms. The van der Waals surface area contributed by atoms with Crippen LogP contribution in [0.4, 0.5) is 0 Å². The van der Waals surface area contributed by atoms with Crippen LogP contribution in [0.1, 0.15) is 24.5 Å². The summed E-state index contributed by atoms with van der Waals surface area (Å²) in [6, 6.07) is 16.9. The largest absolute Gasteiger partial charge is 0.240 e. The van der Waals surface area contributed by atoms with Crippen molar-refractivity contribution in [3.05, 3.63) is 65.7 Å². The first-order valence-corrected chi connectivity index (χ1v) is 8.58. The van der Waals surface area contributed by atoms with Crippen LogP contribution in [-0.2, 0) is 16.4 Å². The number of sulfonamides is 1. The Hall–Kier alpha value is -1.65. The summed E-state index contributed by atoms with van der Waals surface area (Å²) >= 11 is 0. The van der Waals surface area contributed by atoms with E-state index in [1.165, 1.54) is 5.56 Å². The normalized spacial score (nSPS) is 13.0. The van der Waals surface area contributed by atoms with Gasteiger partial charge in [0.25, 0.3) is 0 Å². The van der Waals surface area contributed by atoms with E-state index in [4.69, 9.17) is 0 Å². The molecule has 4 heteroatoms. The fraction of sp³-hybridized carbons (Fsp3) is 0.294. The third kappa shape index (κ3) is 4.69. The third-order valence-corrected chi connectivity index (χ3v) is 5.00. The van der Waals surface area contributed by atoms with Crippen molar-refractivity contribution in [3.8, 4) is 0 Å². The van der Waals surface area contributed by atoms with Gasteiger partial charge in [-0.3, -0.25) is 0 Å². The van der Waals surface area contributed by atoms with Crippen LogP contribution in [0.15, 0.2) is 59.5 Å². The van der Waals surface area contributed by atoms with Crippen molar-refractivity contribution in [2.45, 2.75) is 37.6 Å². The molecule has 0 aliphatic rings. The molecule has 0 fully saturated rings. The van der Waals surface area contributed by atoms with Gasteiger partial charge in [-0.15, -0.1) is 0 Å². The van der Waals surface area contributed by atoms with Gasteiger partial charge in [-0.25, -0.2) is 13.1 Å². The molecule has 2 aromatic rings. The predicted octanol–water partition coefficient (Wildman–Crippen LogP) is 3.29. The van der Waals surface area contributed by atoms with Gasteiger partial charge in [0.15, 0.2) is 0 Å². The first-order chi connectivity index (χ1) is 9.97. The summed E-state index contributed by atoms with van der Waals surface area (Å²) in [5.41, 5.74) is 2.27. The second-order valence-corrected chi connectivity index (χ2v) is 7.07. The van der Waals surface area contributed by atoms with E-state index >= 15 is 0 Å². The zero-order valence-corrected chi connectivity index (χ0v) is 13.2. The van der Waals surface area contributed by atoms with Crippen molar-refractivity contribution < 1.29 is 8.42 Å². The van der Waals surface area contributed by atoms with Gasteiger partial charge >= 0.3 is 0 Å². The Morgan fingerprint density at radius 1 is 1.00 bits per heavy atom. The van der Waals surface area contributed by atoms with Crippen LogP contribution < -0.4 is 4.72 Å². The van der Waals surface area contributed by atoms with Crippen LogP contribution in [0.25, 0.3) is 0 Å². The zero-order valence-electron chi connectivity index (χ0n) is 12.4. The highest BCUT2D eigenvalue weighted by molar-refractivity contribution is 7.89. The van der Waals surface area contributed by atoms with Gasteiger partial charge in [-0.2, -0.15) is 0 Å². The first kappa shape index (κ1) is 15.7. The van der Waals surface area contributed by atoms with Crippen molar-refractivity contribution in [2.24, 2.45) is 0 Å². The van der Waals surface area contributed by atoms with E-state index in [9.17, 15) is 8.42 Å². The van der Waals surface area contributed by atoms with E-state index in [0.717, 1.165) is 18.4 Å². The minimum atomic E-state index is -3.43. The average Bonchev–Trinajstić information content (AvgIpc) is 2.46. The van der Waals surface area contributed by atoms with Crippen molar-refractivity contribution >= 4 is 10.0 Å². The Labute approximate surface area is 127 Å². The van der Waals surface area contributed by atoms with Gasteiger partial charge in [-0.1, -0.05) is 48.0 Å². The minimum absolute atomic E-state index is 0.100. The van der Waals surface area contributed by atoms with Crippen LogP contribution in [0, 0.1) is 6.92 Å². The maximum atomic E-state index is 12.3. The number of benzene rings is 2. The average molecular weight is 303 g/mol. The molecule has 0 spiro atoms. The van der Waals surface area contributed by atoms with Crippen LogP contribution in [0.3, 0.4) is 0 Å². The molecule has 0 aliphatic heterocycles. The van der Waals surface area contributed by atoms with Crippen molar-refractivity contribution in [1.82, 2.24) is 4.72 Å². The van der Waals surface area contributed by atoms with Gasteiger partial charge in [0.1, 0.15) is 0 Å². The summed E-state index contributed by atoms with van der Waals surface area (Å²) in [7, 11) is -3.43. The van der Waals surface area contributed by atoms with E-state index < -0.39 is 10.0 Å². The number of rotatable bonds is 6. The lowest BCUT2D eigenvalue weighted by molar-refractivity contribution is 0.547. The minimum Gasteiger partial charge on any atom is -0.208 e. The van der Waals surface area contributed by atoms with E-state index in [1.807, 2.05) is 44.2 Å². The Balaban J connectivity index is 1.95. The van der Waals surface area contributed by atoms with Gasteiger partial charge in [0.05, 0.1) is 4.90 Å². The Morgan fingerprint density at radius 2 is 1.62 bits per heavy atom. The van der Waals surface area contributed by atoms with Crippen molar-refractivity contribution in [3.63, 3.8) is 0 Å². The molecule has 0 heterocycles. The lowest BCUT2D eigenvalue weighted by atomic mass is 10.1. The molecule has 0 radical (unpaired) electrons. The maximum Gasteiger partial charge on any atom is 0.240 e. The molecule has 1 N–H and O–H groups in total. The molecule has 1 atom stereocenters. The van der Waals surface area contributed by atoms with E-state index in [2.05, 4.69) is 16.9 Å². The Kier molecular flexibility index (Phi) is 5.15. The lowest BCUT2D eigenvalue weighted by Gasteiger charge is -2.14. The molecular weight excluding hydrogens is 282 g/mol. The summed E-state index contributed by atoms with van der Waals surface area (Å²) in [4.78, 5) is 0.319. The molecule has 0 bridgehead atoms. The van der Waals surface area contributed by atoms with E-state index in [-0.39, 0.29) is 6.04 Å². The summed E-state index contributed by atoms with van der Waals surface area (Å²) in [6.45, 7) is 3.83. The SMILES string of the molecule is Cc1ccc(S(=O)(=O)N[C@H](C)CCc2ccccc2)cc1. The third-order valence-electron chi connectivity index (χ3n) is 3.40. The fourth-order valence-electron chi connectivity index (χ4n) is 2.14. The second kappa shape index (κ2) is 6.87. The molecule has 0 aromatic heterocycles. The number of hydrogen-bond donors (Lipinski definition) is 1. The molecule has 0 saturated heterocycles. The Morgan fingerprint density at radius 3 is 2.24 bits per heavy atom. The molecule has 0 aliphatic carbocycles. The highest BCUT2D eigenvalue weighted by Gasteiger charge is 2.16. The fourth-order valence-corrected chi connectivity index (χ4v) is 3.42. The monoisotopic (exact) mass is 303 g/mol. The number of nitrogens with one attached hydrogen (secondary N) is 1. The van der Waals surface area contributed by atoms with Crippen LogP contribution in [0.2, 0.25) is 0 Å². The molecular formula is C17H21NO2S. The highest BCUT2D eigenvalue weighted by atomic mass is 32.2. The standard InChI is InChI=1S/C17H21NO2S/c1-14-8-12-17(13-9-14)21(19,20)18-15(2)10-11-16-6-4-3-5-7-16/h3-9,12-13,15,18H,10-11H2,1-2H3/t15-/m1/s1. The highest BCUT2D eigenvalue weighted by Crippen LogP contribution is 2.12. The smallest absolute Gasteiger partial charge is 0.208 e. The Bertz CT molecular complexity index is 664.